The Labute approximate surface area is 226 Å². The average molecular weight is 534 g/mol. The van der Waals surface area contributed by atoms with Crippen LogP contribution in [0.4, 0.5) is 0 Å². The first-order valence-electron chi connectivity index (χ1n) is 12.7. The van der Waals surface area contributed by atoms with Gasteiger partial charge in [-0.05, 0) is 31.0 Å². The number of amides is 1. The molecule has 198 valence electrons. The molecule has 8 nitrogen and oxygen atoms in total. The molecule has 1 aromatic heterocycles. The minimum absolute atomic E-state index is 0.0580. The first kappa shape index (κ1) is 26.1. The third kappa shape index (κ3) is 5.22. The van der Waals surface area contributed by atoms with Crippen LogP contribution in [0, 0.1) is 6.92 Å². The Bertz CT molecular complexity index is 1350. The molecule has 5 rings (SSSR count). The van der Waals surface area contributed by atoms with E-state index < -0.39 is 17.7 Å². The summed E-state index contributed by atoms with van der Waals surface area (Å²) >= 11 is 1.44. The number of thiazole rings is 1. The summed E-state index contributed by atoms with van der Waals surface area (Å²) in [7, 11) is 1.57. The Morgan fingerprint density at radius 2 is 1.87 bits per heavy atom. The molecule has 9 heteroatoms. The SMILES string of the molecule is COc1cccc(C2C(=C(O)c3nc(-c4ccccc4)sc3C)C(=O)C(=O)N2CCCN2CCOCC2)c1. The van der Waals surface area contributed by atoms with Gasteiger partial charge in [0.25, 0.3) is 11.7 Å². The second kappa shape index (κ2) is 11.5. The summed E-state index contributed by atoms with van der Waals surface area (Å²) in [6.45, 7) is 6.14. The van der Waals surface area contributed by atoms with Crippen molar-refractivity contribution in [3.8, 4) is 16.3 Å². The standard InChI is InChI=1S/C29H31N3O5S/c1-19-24(30-28(38-19)20-8-4-3-5-9-20)26(33)23-25(21-10-6-11-22(18-21)36-2)32(29(35)27(23)34)13-7-12-31-14-16-37-17-15-31/h3-6,8-11,18,25,33H,7,12-17H2,1-2H3. The van der Waals surface area contributed by atoms with Gasteiger partial charge in [-0.1, -0.05) is 42.5 Å². The third-order valence-corrected chi connectivity index (χ3v) is 7.99. The van der Waals surface area contributed by atoms with Crippen LogP contribution in [0.1, 0.15) is 28.6 Å². The van der Waals surface area contributed by atoms with Crippen LogP contribution in [0.25, 0.3) is 16.3 Å². The van der Waals surface area contributed by atoms with E-state index in [-0.39, 0.29) is 11.3 Å². The van der Waals surface area contributed by atoms with Gasteiger partial charge in [-0.25, -0.2) is 4.98 Å². The molecule has 2 aliphatic heterocycles. The average Bonchev–Trinajstić information content (AvgIpc) is 3.46. The van der Waals surface area contributed by atoms with E-state index in [4.69, 9.17) is 9.47 Å². The van der Waals surface area contributed by atoms with Gasteiger partial charge in [0.2, 0.25) is 0 Å². The van der Waals surface area contributed by atoms with Crippen molar-refractivity contribution >= 4 is 28.8 Å². The summed E-state index contributed by atoms with van der Waals surface area (Å²) in [4.78, 5) is 36.1. The lowest BCUT2D eigenvalue weighted by Crippen LogP contribution is -2.38. The number of rotatable bonds is 8. The summed E-state index contributed by atoms with van der Waals surface area (Å²) in [5, 5.41) is 12.3. The Kier molecular flexibility index (Phi) is 7.87. The van der Waals surface area contributed by atoms with E-state index in [2.05, 4.69) is 9.88 Å². The lowest BCUT2D eigenvalue weighted by Gasteiger charge is -2.29. The first-order chi connectivity index (χ1) is 18.5. The van der Waals surface area contributed by atoms with Crippen molar-refractivity contribution < 1.29 is 24.2 Å². The number of carbonyl (C=O) groups is 2. The number of likely N-dealkylation sites (tertiary alicyclic amines) is 1. The number of nitrogens with zero attached hydrogens (tertiary/aromatic N) is 3. The molecule has 1 unspecified atom stereocenters. The van der Waals surface area contributed by atoms with Gasteiger partial charge in [0.05, 0.1) is 31.9 Å². The van der Waals surface area contributed by atoms with Crippen LogP contribution >= 0.6 is 11.3 Å². The van der Waals surface area contributed by atoms with Crippen molar-refractivity contribution in [2.24, 2.45) is 0 Å². The Morgan fingerprint density at radius 3 is 2.61 bits per heavy atom. The van der Waals surface area contributed by atoms with Crippen molar-refractivity contribution in [2.75, 3.05) is 46.5 Å². The number of carbonyl (C=O) groups excluding carboxylic acids is 2. The minimum Gasteiger partial charge on any atom is -0.505 e. The summed E-state index contributed by atoms with van der Waals surface area (Å²) in [6, 6.07) is 16.2. The number of morpholine rings is 1. The zero-order valence-electron chi connectivity index (χ0n) is 21.6. The Balaban J connectivity index is 1.52. The van der Waals surface area contributed by atoms with Crippen molar-refractivity contribution in [3.05, 3.63) is 76.3 Å². The highest BCUT2D eigenvalue weighted by Gasteiger charge is 2.46. The summed E-state index contributed by atoms with van der Waals surface area (Å²) in [5.41, 5.74) is 2.01. The zero-order valence-corrected chi connectivity index (χ0v) is 22.4. The topological polar surface area (TPSA) is 92.2 Å². The van der Waals surface area contributed by atoms with Gasteiger partial charge in [0.1, 0.15) is 16.5 Å². The van der Waals surface area contributed by atoms with Crippen molar-refractivity contribution in [2.45, 2.75) is 19.4 Å². The Hall–Kier alpha value is -3.53. The van der Waals surface area contributed by atoms with E-state index in [1.54, 1.807) is 12.0 Å². The van der Waals surface area contributed by atoms with E-state index in [1.807, 2.05) is 61.5 Å². The van der Waals surface area contributed by atoms with Gasteiger partial charge < -0.3 is 19.5 Å². The maximum atomic E-state index is 13.4. The van der Waals surface area contributed by atoms with Crippen molar-refractivity contribution in [3.63, 3.8) is 0 Å². The van der Waals surface area contributed by atoms with E-state index in [0.29, 0.717) is 43.2 Å². The van der Waals surface area contributed by atoms with Crippen LogP contribution in [-0.2, 0) is 14.3 Å². The second-order valence-electron chi connectivity index (χ2n) is 9.37. The molecule has 0 spiro atoms. The molecule has 1 amide bonds. The number of aryl methyl sites for hydroxylation is 1. The smallest absolute Gasteiger partial charge is 0.295 e. The quantitative estimate of drug-likeness (QED) is 0.263. The molecule has 2 fully saturated rings. The third-order valence-electron chi connectivity index (χ3n) is 6.97. The number of benzene rings is 2. The molecule has 1 atom stereocenters. The number of Topliss-reactive ketones (excluding diaryl/α,β-unsaturated/α-hetero) is 1. The molecule has 2 aliphatic rings. The molecule has 2 aromatic carbocycles. The molecule has 0 aliphatic carbocycles. The molecule has 3 heterocycles. The number of ketones is 1. The van der Waals surface area contributed by atoms with Crippen LogP contribution in [0.15, 0.2) is 60.2 Å². The molecule has 3 aromatic rings. The second-order valence-corrected chi connectivity index (χ2v) is 10.6. The highest BCUT2D eigenvalue weighted by atomic mass is 32.1. The maximum absolute atomic E-state index is 13.4. The Morgan fingerprint density at radius 1 is 1.11 bits per heavy atom. The fourth-order valence-electron chi connectivity index (χ4n) is 5.01. The van der Waals surface area contributed by atoms with Gasteiger partial charge in [-0.2, -0.15) is 0 Å². The molecule has 0 radical (unpaired) electrons. The van der Waals surface area contributed by atoms with Crippen molar-refractivity contribution in [1.29, 1.82) is 0 Å². The predicted molar refractivity (Wildman–Crippen MR) is 146 cm³/mol. The van der Waals surface area contributed by atoms with E-state index in [9.17, 15) is 14.7 Å². The van der Waals surface area contributed by atoms with Crippen LogP contribution in [0.2, 0.25) is 0 Å². The fraction of sp³-hybridized carbons (Fsp3) is 0.345. The normalized spacial score (nSPS) is 19.7. The fourth-order valence-corrected chi connectivity index (χ4v) is 5.93. The summed E-state index contributed by atoms with van der Waals surface area (Å²) in [6.07, 6.45) is 0.696. The number of aromatic nitrogens is 1. The molecule has 0 saturated carbocycles. The number of hydrogen-bond donors (Lipinski definition) is 1. The molecule has 0 bridgehead atoms. The number of aliphatic hydroxyl groups is 1. The zero-order chi connectivity index (χ0) is 26.6. The first-order valence-corrected chi connectivity index (χ1v) is 13.5. The van der Waals surface area contributed by atoms with Gasteiger partial charge in [-0.3, -0.25) is 14.5 Å². The summed E-state index contributed by atoms with van der Waals surface area (Å²) < 4.78 is 10.8. The predicted octanol–water partition coefficient (Wildman–Crippen LogP) is 4.27. The largest absolute Gasteiger partial charge is 0.505 e. The van der Waals surface area contributed by atoms with Gasteiger partial charge in [-0.15, -0.1) is 11.3 Å². The molecule has 2 saturated heterocycles. The monoisotopic (exact) mass is 533 g/mol. The van der Waals surface area contributed by atoms with Crippen molar-refractivity contribution in [1.82, 2.24) is 14.8 Å². The van der Waals surface area contributed by atoms with Gasteiger partial charge in [0, 0.05) is 36.6 Å². The molecular formula is C29H31N3O5S. The molecule has 38 heavy (non-hydrogen) atoms. The van der Waals surface area contributed by atoms with Gasteiger partial charge in [0.15, 0.2) is 5.76 Å². The number of hydrogen-bond acceptors (Lipinski definition) is 8. The van der Waals surface area contributed by atoms with Crippen LogP contribution in [-0.4, -0.2) is 78.1 Å². The molecular weight excluding hydrogens is 502 g/mol. The summed E-state index contributed by atoms with van der Waals surface area (Å²) in [5.74, 6) is -0.951. The van der Waals surface area contributed by atoms with Crippen LogP contribution < -0.4 is 4.74 Å². The highest BCUT2D eigenvalue weighted by molar-refractivity contribution is 7.15. The van der Waals surface area contributed by atoms with E-state index in [0.717, 1.165) is 35.1 Å². The molecule has 1 N–H and O–H groups in total. The lowest BCUT2D eigenvalue weighted by atomic mass is 9.96. The van der Waals surface area contributed by atoms with E-state index >= 15 is 0 Å². The maximum Gasteiger partial charge on any atom is 0.295 e. The van der Waals surface area contributed by atoms with Crippen LogP contribution in [0.5, 0.6) is 5.75 Å². The number of methoxy groups -OCH3 is 1. The van der Waals surface area contributed by atoms with Gasteiger partial charge >= 0.3 is 0 Å². The minimum atomic E-state index is -0.740. The number of ether oxygens (including phenoxy) is 2. The highest BCUT2D eigenvalue weighted by Crippen LogP contribution is 2.41. The lowest BCUT2D eigenvalue weighted by molar-refractivity contribution is -0.140. The van der Waals surface area contributed by atoms with Crippen LogP contribution in [0.3, 0.4) is 0 Å². The number of aliphatic hydroxyl groups excluding tert-OH is 1. The van der Waals surface area contributed by atoms with E-state index in [1.165, 1.54) is 11.3 Å².